The van der Waals surface area contributed by atoms with Gasteiger partial charge in [0.05, 0.1) is 6.61 Å². The van der Waals surface area contributed by atoms with Crippen LogP contribution in [0.15, 0.2) is 30.3 Å². The monoisotopic (exact) mass is 372 g/mol. The van der Waals surface area contributed by atoms with E-state index in [0.29, 0.717) is 12.7 Å². The van der Waals surface area contributed by atoms with Crippen LogP contribution in [0.2, 0.25) is 0 Å². The van der Waals surface area contributed by atoms with Gasteiger partial charge in [0.25, 0.3) is 0 Å². The summed E-state index contributed by atoms with van der Waals surface area (Å²) in [5.74, 6) is 0.934. The molecule has 1 aliphatic heterocycles. The maximum atomic E-state index is 5.66. The Balaban J connectivity index is 1.38. The highest BCUT2D eigenvalue weighted by atomic mass is 16.6. The van der Waals surface area contributed by atoms with E-state index in [-0.39, 0.29) is 0 Å². The van der Waals surface area contributed by atoms with E-state index in [1.54, 1.807) is 0 Å². The number of allylic oxidation sites excluding steroid dienone is 1. The SMILES string of the molecule is CCCCCCCCCCCCCC/C=C/c1ccc(OCC2CO2)cc1. The number of unbranched alkanes of at least 4 members (excludes halogenated alkanes) is 12. The number of hydrogen-bond acceptors (Lipinski definition) is 2. The highest BCUT2D eigenvalue weighted by Gasteiger charge is 2.22. The van der Waals surface area contributed by atoms with E-state index in [2.05, 4.69) is 31.2 Å². The van der Waals surface area contributed by atoms with Crippen LogP contribution < -0.4 is 4.74 Å². The lowest BCUT2D eigenvalue weighted by Gasteiger charge is -2.04. The van der Waals surface area contributed by atoms with Gasteiger partial charge in [-0.05, 0) is 30.5 Å². The molecule has 2 heteroatoms. The van der Waals surface area contributed by atoms with Gasteiger partial charge in [-0.25, -0.2) is 0 Å². The maximum Gasteiger partial charge on any atom is 0.119 e. The van der Waals surface area contributed by atoms with Crippen molar-refractivity contribution < 1.29 is 9.47 Å². The molecule has 0 saturated carbocycles. The molecule has 0 amide bonds. The first-order valence-corrected chi connectivity index (χ1v) is 11.4. The minimum Gasteiger partial charge on any atom is -0.491 e. The molecular weight excluding hydrogens is 332 g/mol. The predicted octanol–water partition coefficient (Wildman–Crippen LogP) is 7.57. The van der Waals surface area contributed by atoms with Crippen molar-refractivity contribution in [2.45, 2.75) is 96.5 Å². The van der Waals surface area contributed by atoms with Crippen molar-refractivity contribution in [2.24, 2.45) is 0 Å². The van der Waals surface area contributed by atoms with Crippen LogP contribution >= 0.6 is 0 Å². The summed E-state index contributed by atoms with van der Waals surface area (Å²) < 4.78 is 10.8. The van der Waals surface area contributed by atoms with E-state index in [4.69, 9.17) is 9.47 Å². The van der Waals surface area contributed by atoms with Crippen LogP contribution in [0.1, 0.15) is 96.0 Å². The zero-order valence-electron chi connectivity index (χ0n) is 17.5. The Bertz CT molecular complexity index is 488. The minimum absolute atomic E-state index is 0.320. The molecule has 0 aromatic heterocycles. The van der Waals surface area contributed by atoms with Gasteiger partial charge in [-0.2, -0.15) is 0 Å². The molecule has 1 aliphatic rings. The molecule has 1 atom stereocenters. The molecular formula is C25H40O2. The third kappa shape index (κ3) is 11.9. The zero-order valence-corrected chi connectivity index (χ0v) is 17.5. The van der Waals surface area contributed by atoms with Gasteiger partial charge in [-0.3, -0.25) is 0 Å². The Kier molecular flexibility index (Phi) is 12.0. The van der Waals surface area contributed by atoms with Crippen molar-refractivity contribution in [3.8, 4) is 5.75 Å². The van der Waals surface area contributed by atoms with E-state index < -0.39 is 0 Å². The van der Waals surface area contributed by atoms with E-state index in [0.717, 1.165) is 12.4 Å². The summed E-state index contributed by atoms with van der Waals surface area (Å²) in [6.07, 6.45) is 23.0. The second-order valence-corrected chi connectivity index (χ2v) is 7.92. The molecule has 1 heterocycles. The summed E-state index contributed by atoms with van der Waals surface area (Å²) in [6, 6.07) is 8.35. The molecule has 2 rings (SSSR count). The fourth-order valence-corrected chi connectivity index (χ4v) is 3.35. The lowest BCUT2D eigenvalue weighted by molar-refractivity contribution is 0.263. The fraction of sp³-hybridized carbons (Fsp3) is 0.680. The normalized spacial score (nSPS) is 16.1. The predicted molar refractivity (Wildman–Crippen MR) is 116 cm³/mol. The van der Waals surface area contributed by atoms with E-state index in [1.807, 2.05) is 12.1 Å². The molecule has 0 spiro atoms. The van der Waals surface area contributed by atoms with Crippen molar-refractivity contribution in [2.75, 3.05) is 13.2 Å². The Morgan fingerprint density at radius 3 is 1.96 bits per heavy atom. The molecule has 1 unspecified atom stereocenters. The number of benzene rings is 1. The highest BCUT2D eigenvalue weighted by molar-refractivity contribution is 5.50. The first-order chi connectivity index (χ1) is 13.4. The largest absolute Gasteiger partial charge is 0.491 e. The van der Waals surface area contributed by atoms with Crippen molar-refractivity contribution in [3.63, 3.8) is 0 Å². The van der Waals surface area contributed by atoms with Crippen LogP contribution in [0.3, 0.4) is 0 Å². The molecule has 1 fully saturated rings. The standard InChI is InChI=1S/C25H40O2/c1-2-3-4-5-6-7-8-9-10-11-12-13-14-15-16-23-17-19-24(20-18-23)26-21-25-22-27-25/h15-20,25H,2-14,21-22H2,1H3/b16-15+. The summed E-state index contributed by atoms with van der Waals surface area (Å²) >= 11 is 0. The first kappa shape index (κ1) is 22.0. The lowest BCUT2D eigenvalue weighted by Crippen LogP contribution is -2.03. The zero-order chi connectivity index (χ0) is 19.0. The summed E-state index contributed by atoms with van der Waals surface area (Å²) in [7, 11) is 0. The topological polar surface area (TPSA) is 21.8 Å². The van der Waals surface area contributed by atoms with Gasteiger partial charge in [-0.1, -0.05) is 102 Å². The van der Waals surface area contributed by atoms with Crippen molar-refractivity contribution in [3.05, 3.63) is 35.9 Å². The van der Waals surface area contributed by atoms with Crippen molar-refractivity contribution >= 4 is 6.08 Å². The fourth-order valence-electron chi connectivity index (χ4n) is 3.35. The Morgan fingerprint density at radius 2 is 1.41 bits per heavy atom. The number of epoxide rings is 1. The number of ether oxygens (including phenoxy) is 2. The quantitative estimate of drug-likeness (QED) is 0.208. The second-order valence-electron chi connectivity index (χ2n) is 7.92. The Labute approximate surface area is 167 Å². The molecule has 1 aromatic carbocycles. The molecule has 0 bridgehead atoms. The van der Waals surface area contributed by atoms with Crippen LogP contribution in [-0.4, -0.2) is 19.3 Å². The Morgan fingerprint density at radius 1 is 0.852 bits per heavy atom. The number of rotatable bonds is 17. The van der Waals surface area contributed by atoms with Crippen LogP contribution in [0.5, 0.6) is 5.75 Å². The van der Waals surface area contributed by atoms with Crippen LogP contribution in [-0.2, 0) is 4.74 Å². The highest BCUT2D eigenvalue weighted by Crippen LogP contribution is 2.17. The summed E-state index contributed by atoms with van der Waals surface area (Å²) in [6.45, 7) is 3.81. The summed E-state index contributed by atoms with van der Waals surface area (Å²) in [5, 5.41) is 0. The van der Waals surface area contributed by atoms with E-state index in [9.17, 15) is 0 Å². The van der Waals surface area contributed by atoms with Gasteiger partial charge >= 0.3 is 0 Å². The van der Waals surface area contributed by atoms with Crippen LogP contribution in [0.4, 0.5) is 0 Å². The van der Waals surface area contributed by atoms with Crippen LogP contribution in [0.25, 0.3) is 6.08 Å². The third-order valence-corrected chi connectivity index (χ3v) is 5.25. The van der Waals surface area contributed by atoms with Gasteiger partial charge in [0.1, 0.15) is 18.5 Å². The molecule has 152 valence electrons. The summed E-state index contributed by atoms with van der Waals surface area (Å²) in [5.41, 5.74) is 1.25. The van der Waals surface area contributed by atoms with Crippen molar-refractivity contribution in [1.82, 2.24) is 0 Å². The van der Waals surface area contributed by atoms with E-state index >= 15 is 0 Å². The maximum absolute atomic E-state index is 5.66. The smallest absolute Gasteiger partial charge is 0.119 e. The van der Waals surface area contributed by atoms with Gasteiger partial charge in [0.2, 0.25) is 0 Å². The minimum atomic E-state index is 0.320. The first-order valence-electron chi connectivity index (χ1n) is 11.4. The van der Waals surface area contributed by atoms with E-state index in [1.165, 1.54) is 89.0 Å². The molecule has 1 aromatic rings. The summed E-state index contributed by atoms with van der Waals surface area (Å²) in [4.78, 5) is 0. The van der Waals surface area contributed by atoms with Crippen molar-refractivity contribution in [1.29, 1.82) is 0 Å². The molecule has 0 radical (unpaired) electrons. The Hall–Kier alpha value is -1.28. The third-order valence-electron chi connectivity index (χ3n) is 5.25. The second kappa shape index (κ2) is 14.7. The molecule has 0 aliphatic carbocycles. The molecule has 2 nitrogen and oxygen atoms in total. The van der Waals surface area contributed by atoms with Gasteiger partial charge in [0.15, 0.2) is 0 Å². The lowest BCUT2D eigenvalue weighted by atomic mass is 10.0. The average Bonchev–Trinajstić information content (AvgIpc) is 3.52. The van der Waals surface area contributed by atoms with Gasteiger partial charge in [-0.15, -0.1) is 0 Å². The van der Waals surface area contributed by atoms with Gasteiger partial charge in [0, 0.05) is 0 Å². The molecule has 1 saturated heterocycles. The molecule has 0 N–H and O–H groups in total. The number of hydrogen-bond donors (Lipinski definition) is 0. The van der Waals surface area contributed by atoms with Crippen LogP contribution in [0, 0.1) is 0 Å². The van der Waals surface area contributed by atoms with Gasteiger partial charge < -0.3 is 9.47 Å². The average molecular weight is 373 g/mol. The molecule has 27 heavy (non-hydrogen) atoms.